The number of sulfone groups is 1. The third-order valence-corrected chi connectivity index (χ3v) is 5.44. The highest BCUT2D eigenvalue weighted by molar-refractivity contribution is 7.91. The van der Waals surface area contributed by atoms with Crippen LogP contribution in [0.2, 0.25) is 0 Å². The van der Waals surface area contributed by atoms with Crippen LogP contribution < -0.4 is 4.72 Å². The highest BCUT2D eigenvalue weighted by Crippen LogP contribution is 2.26. The zero-order valence-corrected chi connectivity index (χ0v) is 13.6. The molecule has 1 unspecified atom stereocenters. The number of nitrogens with one attached hydrogen (secondary N) is 1. The minimum Gasteiger partial charge on any atom is -0.478 e. The van der Waals surface area contributed by atoms with Crippen LogP contribution >= 0.6 is 0 Å². The Bertz CT molecular complexity index is 759. The molecule has 1 aromatic heterocycles. The van der Waals surface area contributed by atoms with Crippen LogP contribution in [0.5, 0.6) is 0 Å². The molecule has 1 aromatic rings. The van der Waals surface area contributed by atoms with Gasteiger partial charge < -0.3 is 9.52 Å². The molecule has 0 bridgehead atoms. The summed E-state index contributed by atoms with van der Waals surface area (Å²) in [5, 5.41) is 9.10. The first kappa shape index (κ1) is 17.7. The Balaban J connectivity index is 3.24. The second-order valence-corrected chi connectivity index (χ2v) is 8.67. The molecule has 0 amide bonds. The van der Waals surface area contributed by atoms with Crippen LogP contribution in [0.25, 0.3) is 0 Å². The van der Waals surface area contributed by atoms with E-state index in [1.54, 1.807) is 0 Å². The van der Waals surface area contributed by atoms with Crippen LogP contribution in [0.1, 0.15) is 28.8 Å². The molecular weight excluding hydrogens is 322 g/mol. The number of sulfonamides is 1. The summed E-state index contributed by atoms with van der Waals surface area (Å²) in [5.41, 5.74) is -0.452. The lowest BCUT2D eigenvalue weighted by Gasteiger charge is -2.13. The molecule has 21 heavy (non-hydrogen) atoms. The molecule has 0 aliphatic carbocycles. The molecule has 0 saturated carbocycles. The number of hydrogen-bond acceptors (Lipinski definition) is 6. The third-order valence-electron chi connectivity index (χ3n) is 2.60. The van der Waals surface area contributed by atoms with Crippen LogP contribution in [-0.2, 0) is 19.9 Å². The number of carboxylic acids is 1. The Labute approximate surface area is 123 Å². The Morgan fingerprint density at radius 3 is 2.19 bits per heavy atom. The molecule has 0 aromatic carbocycles. The molecule has 8 nitrogen and oxygen atoms in total. The highest BCUT2D eigenvalue weighted by Gasteiger charge is 2.32. The molecule has 1 atom stereocenters. The van der Waals surface area contributed by atoms with E-state index >= 15 is 0 Å². The van der Waals surface area contributed by atoms with Crippen LogP contribution in [0.15, 0.2) is 9.31 Å². The van der Waals surface area contributed by atoms with Crippen molar-refractivity contribution in [2.75, 3.05) is 12.0 Å². The molecule has 0 aliphatic heterocycles. The van der Waals surface area contributed by atoms with E-state index in [2.05, 4.69) is 4.72 Å². The Hall–Kier alpha value is -1.39. The molecule has 0 aliphatic rings. The topological polar surface area (TPSA) is 131 Å². The number of rotatable bonds is 6. The number of carbonyl (C=O) groups is 1. The van der Waals surface area contributed by atoms with Gasteiger partial charge in [-0.05, 0) is 20.8 Å². The predicted molar refractivity (Wildman–Crippen MR) is 74.6 cm³/mol. The summed E-state index contributed by atoms with van der Waals surface area (Å²) in [4.78, 5) is 10.7. The number of aryl methyl sites for hydroxylation is 2. The smallest absolute Gasteiger partial charge is 0.340 e. The van der Waals surface area contributed by atoms with E-state index in [9.17, 15) is 21.6 Å². The van der Waals surface area contributed by atoms with Gasteiger partial charge in [-0.3, -0.25) is 0 Å². The van der Waals surface area contributed by atoms with E-state index in [1.807, 2.05) is 0 Å². The molecule has 0 radical (unpaired) electrons. The summed E-state index contributed by atoms with van der Waals surface area (Å²) in [6.45, 7) is 4.05. The molecule has 120 valence electrons. The maximum Gasteiger partial charge on any atom is 0.340 e. The first-order chi connectivity index (χ1) is 9.35. The van der Waals surface area contributed by atoms with Gasteiger partial charge in [0.25, 0.3) is 0 Å². The van der Waals surface area contributed by atoms with Crippen LogP contribution in [0.4, 0.5) is 0 Å². The second kappa shape index (κ2) is 5.78. The highest BCUT2D eigenvalue weighted by atomic mass is 32.2. The first-order valence-electron chi connectivity index (χ1n) is 5.88. The maximum absolute atomic E-state index is 12.3. The van der Waals surface area contributed by atoms with Crippen LogP contribution in [0.3, 0.4) is 0 Å². The van der Waals surface area contributed by atoms with E-state index in [4.69, 9.17) is 9.52 Å². The fourth-order valence-corrected chi connectivity index (χ4v) is 4.79. The zero-order valence-electron chi connectivity index (χ0n) is 12.0. The van der Waals surface area contributed by atoms with E-state index in [0.717, 1.165) is 6.26 Å². The van der Waals surface area contributed by atoms with Gasteiger partial charge in [-0.1, -0.05) is 0 Å². The van der Waals surface area contributed by atoms with E-state index in [1.165, 1.54) is 20.8 Å². The fraction of sp³-hybridized carbons (Fsp3) is 0.545. The van der Waals surface area contributed by atoms with Crippen molar-refractivity contribution in [1.29, 1.82) is 0 Å². The lowest BCUT2D eigenvalue weighted by Crippen LogP contribution is -2.38. The molecule has 0 fully saturated rings. The van der Waals surface area contributed by atoms with E-state index in [-0.39, 0.29) is 11.5 Å². The number of carboxylic acid groups (broad SMARTS) is 1. The largest absolute Gasteiger partial charge is 0.478 e. The maximum atomic E-state index is 12.3. The molecular formula is C11H17NO7S2. The van der Waals surface area contributed by atoms with Gasteiger partial charge in [0.1, 0.15) is 31.8 Å². The van der Waals surface area contributed by atoms with Crippen molar-refractivity contribution in [2.45, 2.75) is 31.7 Å². The molecule has 0 saturated heterocycles. The predicted octanol–water partition coefficient (Wildman–Crippen LogP) is 0.306. The summed E-state index contributed by atoms with van der Waals surface area (Å²) >= 11 is 0. The van der Waals surface area contributed by atoms with Gasteiger partial charge >= 0.3 is 5.97 Å². The van der Waals surface area contributed by atoms with Crippen molar-refractivity contribution in [1.82, 2.24) is 4.72 Å². The summed E-state index contributed by atoms with van der Waals surface area (Å²) < 4.78 is 54.0. The lowest BCUT2D eigenvalue weighted by atomic mass is 10.2. The summed E-state index contributed by atoms with van der Waals surface area (Å²) in [7, 11) is -7.58. The summed E-state index contributed by atoms with van der Waals surface area (Å²) in [5.74, 6) is -1.93. The molecule has 10 heteroatoms. The number of hydrogen-bond donors (Lipinski definition) is 2. The fourth-order valence-electron chi connectivity index (χ4n) is 2.05. The summed E-state index contributed by atoms with van der Waals surface area (Å²) in [6.07, 6.45) is 0.980. The third kappa shape index (κ3) is 4.29. The quantitative estimate of drug-likeness (QED) is 0.762. The molecule has 0 spiro atoms. The standard InChI is InChI=1S/C11H17NO7S2/c1-6(5-20(4,15)16)12-21(17,18)10-8(3)19-7(2)9(10)11(13)14/h6,12H,5H2,1-4H3,(H,13,14). The Morgan fingerprint density at radius 1 is 1.24 bits per heavy atom. The van der Waals surface area contributed by atoms with Gasteiger partial charge in [-0.2, -0.15) is 0 Å². The first-order valence-corrected chi connectivity index (χ1v) is 9.43. The minimum absolute atomic E-state index is 0.0314. The minimum atomic E-state index is -4.21. The van der Waals surface area contributed by atoms with Crippen molar-refractivity contribution in [2.24, 2.45) is 0 Å². The monoisotopic (exact) mass is 339 g/mol. The van der Waals surface area contributed by atoms with E-state index < -0.39 is 48.1 Å². The van der Waals surface area contributed by atoms with Gasteiger partial charge in [-0.15, -0.1) is 0 Å². The number of aromatic carboxylic acids is 1. The van der Waals surface area contributed by atoms with Crippen molar-refractivity contribution in [3.05, 3.63) is 17.1 Å². The lowest BCUT2D eigenvalue weighted by molar-refractivity contribution is 0.0691. The van der Waals surface area contributed by atoms with Gasteiger partial charge in [0.2, 0.25) is 10.0 Å². The molecule has 1 heterocycles. The normalized spacial score (nSPS) is 14.1. The van der Waals surface area contributed by atoms with Gasteiger partial charge in [0, 0.05) is 12.3 Å². The average Bonchev–Trinajstić information content (AvgIpc) is 2.49. The van der Waals surface area contributed by atoms with E-state index in [0.29, 0.717) is 0 Å². The number of furan rings is 1. The SMILES string of the molecule is Cc1oc(C)c(S(=O)(=O)NC(C)CS(C)(=O)=O)c1C(=O)O. The molecule has 2 N–H and O–H groups in total. The van der Waals surface area contributed by atoms with Gasteiger partial charge in [-0.25, -0.2) is 26.4 Å². The van der Waals surface area contributed by atoms with Crippen molar-refractivity contribution >= 4 is 25.8 Å². The average molecular weight is 339 g/mol. The second-order valence-electron chi connectivity index (χ2n) is 4.84. The molecule has 1 rings (SSSR count). The summed E-state index contributed by atoms with van der Waals surface area (Å²) in [6, 6.07) is -0.902. The van der Waals surface area contributed by atoms with Crippen molar-refractivity contribution in [3.8, 4) is 0 Å². The van der Waals surface area contributed by atoms with Crippen LogP contribution in [0, 0.1) is 13.8 Å². The van der Waals surface area contributed by atoms with Gasteiger partial charge in [0.15, 0.2) is 0 Å². The Morgan fingerprint density at radius 2 is 1.76 bits per heavy atom. The van der Waals surface area contributed by atoms with Crippen molar-refractivity contribution < 1.29 is 31.2 Å². The Kier molecular flexibility index (Phi) is 4.86. The van der Waals surface area contributed by atoms with Crippen molar-refractivity contribution in [3.63, 3.8) is 0 Å². The van der Waals surface area contributed by atoms with Gasteiger partial charge in [0.05, 0.1) is 5.75 Å². The zero-order chi connectivity index (χ0) is 16.6. The van der Waals surface area contributed by atoms with Crippen LogP contribution in [-0.4, -0.2) is 46.0 Å².